The summed E-state index contributed by atoms with van der Waals surface area (Å²) in [6.07, 6.45) is 1.46. The highest BCUT2D eigenvalue weighted by Gasteiger charge is 2.20. The van der Waals surface area contributed by atoms with Crippen molar-refractivity contribution in [3.63, 3.8) is 0 Å². The van der Waals surface area contributed by atoms with Gasteiger partial charge < -0.3 is 10.6 Å². The highest BCUT2D eigenvalue weighted by Crippen LogP contribution is 2.25. The number of amides is 2. The molecule has 0 aliphatic carbocycles. The number of carbonyl (C=O) groups excluding carboxylic acids is 2. The summed E-state index contributed by atoms with van der Waals surface area (Å²) in [5.74, 6) is -0.0182. The number of anilines is 2. The van der Waals surface area contributed by atoms with Gasteiger partial charge in [-0.25, -0.2) is 4.98 Å². The number of thioether (sulfide) groups is 1. The van der Waals surface area contributed by atoms with Crippen molar-refractivity contribution in [3.8, 4) is 5.69 Å². The number of rotatable bonds is 6. The SMILES string of the molecule is CC(=O)Nc1cccc(-n2nnnc2SC(C)C(=O)Nc2ccc(Cl)cn2)c1. The summed E-state index contributed by atoms with van der Waals surface area (Å²) in [6, 6.07) is 10.3. The average molecular weight is 418 g/mol. The number of pyridine rings is 1. The first-order chi connectivity index (χ1) is 13.4. The molecule has 0 fully saturated rings. The van der Waals surface area contributed by atoms with Crippen LogP contribution in [0.15, 0.2) is 47.8 Å². The van der Waals surface area contributed by atoms with Crippen LogP contribution in [0, 0.1) is 0 Å². The Morgan fingerprint density at radius 1 is 1.21 bits per heavy atom. The average Bonchev–Trinajstić information content (AvgIpc) is 3.11. The molecule has 0 saturated heterocycles. The molecule has 0 bridgehead atoms. The Morgan fingerprint density at radius 3 is 2.75 bits per heavy atom. The molecular formula is C17H16ClN7O2S. The minimum atomic E-state index is -0.485. The van der Waals surface area contributed by atoms with Gasteiger partial charge in [-0.05, 0) is 47.7 Å². The molecule has 1 unspecified atom stereocenters. The largest absolute Gasteiger partial charge is 0.326 e. The minimum absolute atomic E-state index is 0.176. The fourth-order valence-corrected chi connectivity index (χ4v) is 3.14. The van der Waals surface area contributed by atoms with Gasteiger partial charge in [-0.3, -0.25) is 9.59 Å². The van der Waals surface area contributed by atoms with Crippen LogP contribution in [0.5, 0.6) is 0 Å². The highest BCUT2D eigenvalue weighted by molar-refractivity contribution is 8.00. The van der Waals surface area contributed by atoms with Crippen molar-refractivity contribution in [1.29, 1.82) is 0 Å². The molecule has 0 aliphatic rings. The fourth-order valence-electron chi connectivity index (χ4n) is 2.22. The van der Waals surface area contributed by atoms with E-state index in [-0.39, 0.29) is 11.8 Å². The lowest BCUT2D eigenvalue weighted by atomic mass is 10.3. The zero-order valence-electron chi connectivity index (χ0n) is 15.0. The van der Waals surface area contributed by atoms with Crippen molar-refractivity contribution < 1.29 is 9.59 Å². The number of aromatic nitrogens is 5. The number of hydrogen-bond donors (Lipinski definition) is 2. The Labute approximate surface area is 169 Å². The third-order valence-electron chi connectivity index (χ3n) is 3.48. The van der Waals surface area contributed by atoms with Gasteiger partial charge in [0.25, 0.3) is 0 Å². The summed E-state index contributed by atoms with van der Waals surface area (Å²) in [5.41, 5.74) is 1.28. The van der Waals surface area contributed by atoms with Crippen molar-refractivity contribution in [2.24, 2.45) is 0 Å². The van der Waals surface area contributed by atoms with Crippen LogP contribution in [-0.2, 0) is 9.59 Å². The third kappa shape index (κ3) is 5.05. The Kier molecular flexibility index (Phi) is 6.22. The van der Waals surface area contributed by atoms with E-state index in [2.05, 4.69) is 31.1 Å². The summed E-state index contributed by atoms with van der Waals surface area (Å²) in [6.45, 7) is 3.17. The lowest BCUT2D eigenvalue weighted by Gasteiger charge is -2.11. The maximum Gasteiger partial charge on any atom is 0.238 e. The van der Waals surface area contributed by atoms with Gasteiger partial charge in [0.15, 0.2) is 0 Å². The van der Waals surface area contributed by atoms with Crippen LogP contribution in [0.1, 0.15) is 13.8 Å². The van der Waals surface area contributed by atoms with Crippen LogP contribution in [0.3, 0.4) is 0 Å². The second-order valence-electron chi connectivity index (χ2n) is 5.72. The molecule has 1 atom stereocenters. The fraction of sp³-hybridized carbons (Fsp3) is 0.176. The molecular weight excluding hydrogens is 402 g/mol. The molecule has 144 valence electrons. The van der Waals surface area contributed by atoms with E-state index in [9.17, 15) is 9.59 Å². The van der Waals surface area contributed by atoms with Gasteiger partial charge in [-0.2, -0.15) is 4.68 Å². The number of tetrazole rings is 1. The number of benzene rings is 1. The van der Waals surface area contributed by atoms with Crippen molar-refractivity contribution in [1.82, 2.24) is 25.2 Å². The first-order valence-electron chi connectivity index (χ1n) is 8.18. The van der Waals surface area contributed by atoms with E-state index in [4.69, 9.17) is 11.6 Å². The number of nitrogens with zero attached hydrogens (tertiary/aromatic N) is 5. The highest BCUT2D eigenvalue weighted by atomic mass is 35.5. The molecule has 2 N–H and O–H groups in total. The van der Waals surface area contributed by atoms with E-state index in [1.165, 1.54) is 29.6 Å². The molecule has 2 aromatic heterocycles. The van der Waals surface area contributed by atoms with E-state index >= 15 is 0 Å². The molecule has 0 saturated carbocycles. The van der Waals surface area contributed by atoms with E-state index in [0.717, 1.165) is 0 Å². The van der Waals surface area contributed by atoms with Crippen LogP contribution < -0.4 is 10.6 Å². The number of halogens is 1. The minimum Gasteiger partial charge on any atom is -0.326 e. The van der Waals surface area contributed by atoms with Gasteiger partial charge in [-0.15, -0.1) is 5.10 Å². The van der Waals surface area contributed by atoms with Gasteiger partial charge in [0.05, 0.1) is 16.0 Å². The molecule has 3 rings (SSSR count). The molecule has 2 amide bonds. The van der Waals surface area contributed by atoms with E-state index in [1.807, 2.05) is 0 Å². The van der Waals surface area contributed by atoms with Crippen LogP contribution in [0.25, 0.3) is 5.69 Å². The molecule has 9 nitrogen and oxygen atoms in total. The van der Waals surface area contributed by atoms with Gasteiger partial charge in [-0.1, -0.05) is 29.4 Å². The molecule has 28 heavy (non-hydrogen) atoms. The van der Waals surface area contributed by atoms with Crippen molar-refractivity contribution in [2.75, 3.05) is 10.6 Å². The molecule has 0 aliphatic heterocycles. The molecule has 11 heteroatoms. The lowest BCUT2D eigenvalue weighted by molar-refractivity contribution is -0.115. The molecule has 0 radical (unpaired) electrons. The second kappa shape index (κ2) is 8.81. The Hall–Kier alpha value is -2.98. The molecule has 3 aromatic rings. The normalized spacial score (nSPS) is 11.7. The quantitative estimate of drug-likeness (QED) is 0.592. The van der Waals surface area contributed by atoms with Crippen molar-refractivity contribution in [3.05, 3.63) is 47.6 Å². The molecule has 0 spiro atoms. The van der Waals surface area contributed by atoms with Crippen LogP contribution >= 0.6 is 23.4 Å². The second-order valence-corrected chi connectivity index (χ2v) is 7.46. The van der Waals surface area contributed by atoms with Crippen molar-refractivity contribution in [2.45, 2.75) is 24.3 Å². The monoisotopic (exact) mass is 417 g/mol. The number of carbonyl (C=O) groups is 2. The number of hydrogen-bond acceptors (Lipinski definition) is 7. The van der Waals surface area contributed by atoms with Crippen LogP contribution in [0.4, 0.5) is 11.5 Å². The smallest absolute Gasteiger partial charge is 0.238 e. The summed E-state index contributed by atoms with van der Waals surface area (Å²) in [5, 5.41) is 17.5. The van der Waals surface area contributed by atoms with Crippen LogP contribution in [-0.4, -0.2) is 42.3 Å². The molecule has 2 heterocycles. The van der Waals surface area contributed by atoms with Gasteiger partial charge >= 0.3 is 0 Å². The maximum atomic E-state index is 12.4. The summed E-state index contributed by atoms with van der Waals surface area (Å²) in [4.78, 5) is 27.7. The van der Waals surface area contributed by atoms with E-state index < -0.39 is 5.25 Å². The third-order valence-corrected chi connectivity index (χ3v) is 4.74. The van der Waals surface area contributed by atoms with Gasteiger partial charge in [0, 0.05) is 18.8 Å². The Balaban J connectivity index is 1.72. The first kappa shape index (κ1) is 19.8. The van der Waals surface area contributed by atoms with E-state index in [1.54, 1.807) is 43.3 Å². The summed E-state index contributed by atoms with van der Waals surface area (Å²) in [7, 11) is 0. The Bertz CT molecular complexity index is 993. The zero-order chi connectivity index (χ0) is 20.1. The zero-order valence-corrected chi connectivity index (χ0v) is 16.5. The topological polar surface area (TPSA) is 115 Å². The molecule has 1 aromatic carbocycles. The van der Waals surface area contributed by atoms with Gasteiger partial charge in [0.1, 0.15) is 5.82 Å². The van der Waals surface area contributed by atoms with E-state index in [0.29, 0.717) is 27.4 Å². The number of nitrogens with one attached hydrogen (secondary N) is 2. The maximum absolute atomic E-state index is 12.4. The summed E-state index contributed by atoms with van der Waals surface area (Å²) >= 11 is 6.99. The van der Waals surface area contributed by atoms with Crippen LogP contribution in [0.2, 0.25) is 5.02 Å². The van der Waals surface area contributed by atoms with Crippen molar-refractivity contribution >= 4 is 46.7 Å². The Morgan fingerprint density at radius 2 is 2.04 bits per heavy atom. The first-order valence-corrected chi connectivity index (χ1v) is 9.43. The summed E-state index contributed by atoms with van der Waals surface area (Å²) < 4.78 is 1.50. The predicted molar refractivity (Wildman–Crippen MR) is 107 cm³/mol. The van der Waals surface area contributed by atoms with Gasteiger partial charge in [0.2, 0.25) is 17.0 Å². The lowest BCUT2D eigenvalue weighted by Crippen LogP contribution is -2.23. The standard InChI is InChI=1S/C17H16ClN7O2S/c1-10(16(27)21-15-7-6-12(18)9-19-15)28-17-22-23-24-25(17)14-5-3-4-13(8-14)20-11(2)26/h3-10H,1-2H3,(H,20,26)(H,19,21,27). The predicted octanol–water partition coefficient (Wildman–Crippen LogP) is 2.79.